The second kappa shape index (κ2) is 9.58. The first-order chi connectivity index (χ1) is 12.5. The van der Waals surface area contributed by atoms with Crippen molar-refractivity contribution in [3.63, 3.8) is 0 Å². The molecule has 1 N–H and O–H groups in total. The van der Waals surface area contributed by atoms with Crippen molar-refractivity contribution in [3.8, 4) is 0 Å². The summed E-state index contributed by atoms with van der Waals surface area (Å²) in [6.45, 7) is 12.1. The van der Waals surface area contributed by atoms with Crippen LogP contribution in [-0.4, -0.2) is 36.0 Å². The quantitative estimate of drug-likeness (QED) is 0.503. The molecule has 0 aromatic carbocycles. The highest BCUT2D eigenvalue weighted by atomic mass is 35.5. The number of nitrogens with one attached hydrogen (secondary N) is 1. The lowest BCUT2D eigenvalue weighted by Gasteiger charge is -2.32. The molecule has 4 nitrogen and oxygen atoms in total. The highest BCUT2D eigenvalue weighted by Crippen LogP contribution is 2.25. The lowest BCUT2D eigenvalue weighted by atomic mass is 10.0. The smallest absolute Gasteiger partial charge is 0.146 e. The van der Waals surface area contributed by atoms with Crippen molar-refractivity contribution in [2.45, 2.75) is 40.0 Å². The molecule has 0 saturated carbocycles. The Morgan fingerprint density at radius 3 is 2.62 bits per heavy atom. The maximum atomic E-state index is 8.28. The maximum Gasteiger partial charge on any atom is 0.146 e. The van der Waals surface area contributed by atoms with E-state index in [-0.39, 0.29) is 0 Å². The number of halogens is 1. The van der Waals surface area contributed by atoms with E-state index in [1.165, 1.54) is 6.42 Å². The van der Waals surface area contributed by atoms with Gasteiger partial charge in [0.15, 0.2) is 0 Å². The number of ether oxygens (including phenoxy) is 1. The minimum absolute atomic E-state index is 0.386. The molecular formula is C21H28ClN3O. The summed E-state index contributed by atoms with van der Waals surface area (Å²) >= 11 is 6.42. The van der Waals surface area contributed by atoms with Crippen LogP contribution in [0.1, 0.15) is 40.0 Å². The summed E-state index contributed by atoms with van der Waals surface area (Å²) in [5, 5.41) is 8.83. The monoisotopic (exact) mass is 373 g/mol. The lowest BCUT2D eigenvalue weighted by molar-refractivity contribution is 0.249. The van der Waals surface area contributed by atoms with E-state index in [4.69, 9.17) is 26.7 Å². The Morgan fingerprint density at radius 1 is 1.35 bits per heavy atom. The van der Waals surface area contributed by atoms with Gasteiger partial charge < -0.3 is 9.64 Å². The molecule has 0 aromatic rings. The Labute approximate surface area is 161 Å². The molecule has 0 atom stereocenters. The van der Waals surface area contributed by atoms with Crippen molar-refractivity contribution in [2.75, 3.05) is 19.7 Å². The molecule has 0 aromatic heterocycles. The average molecular weight is 374 g/mol. The van der Waals surface area contributed by atoms with Crippen LogP contribution >= 0.6 is 11.6 Å². The largest absolute Gasteiger partial charge is 0.492 e. The molecule has 1 fully saturated rings. The maximum absolute atomic E-state index is 8.28. The van der Waals surface area contributed by atoms with E-state index in [9.17, 15) is 0 Å². The lowest BCUT2D eigenvalue weighted by Crippen LogP contribution is -2.34. The van der Waals surface area contributed by atoms with E-state index in [0.29, 0.717) is 28.8 Å². The van der Waals surface area contributed by atoms with Crippen LogP contribution in [0.25, 0.3) is 0 Å². The van der Waals surface area contributed by atoms with Gasteiger partial charge in [-0.15, -0.1) is 0 Å². The fraction of sp³-hybridized carbons (Fsp3) is 0.429. The second-order valence-electron chi connectivity index (χ2n) is 6.44. The van der Waals surface area contributed by atoms with Crippen LogP contribution in [0.5, 0.6) is 0 Å². The Bertz CT molecular complexity index is 720. The van der Waals surface area contributed by atoms with Crippen molar-refractivity contribution < 1.29 is 4.74 Å². The summed E-state index contributed by atoms with van der Waals surface area (Å²) in [6, 6.07) is 0. The molecule has 1 aliphatic heterocycles. The molecule has 1 saturated heterocycles. The highest BCUT2D eigenvalue weighted by Gasteiger charge is 2.23. The van der Waals surface area contributed by atoms with Crippen LogP contribution < -0.4 is 0 Å². The standard InChI is InChI=1S/C21H28ClN3O/c1-5-18(16(22)12-15(3)4)24-19-14-21(26-6-2)17(23)13-20(19)25-10-8-7-9-11-25/h5,12-14,23H,3,6-11H2,1-2,4H3/b16-12+,18-5+,23-17?,24-19?. The molecule has 1 aliphatic carbocycles. The van der Waals surface area contributed by atoms with Gasteiger partial charge in [0.2, 0.25) is 0 Å². The van der Waals surface area contributed by atoms with E-state index < -0.39 is 0 Å². The van der Waals surface area contributed by atoms with E-state index >= 15 is 0 Å². The van der Waals surface area contributed by atoms with Crippen LogP contribution in [0.4, 0.5) is 0 Å². The Balaban J connectivity index is 2.44. The number of aliphatic imine (C=N–C) groups is 1. The number of allylic oxidation sites excluding steroid dienone is 6. The Hall–Kier alpha value is -2.07. The summed E-state index contributed by atoms with van der Waals surface area (Å²) in [4.78, 5) is 7.11. The van der Waals surface area contributed by atoms with Gasteiger partial charge in [0.25, 0.3) is 0 Å². The first-order valence-corrected chi connectivity index (χ1v) is 9.52. The molecule has 140 valence electrons. The zero-order valence-electron chi connectivity index (χ0n) is 15.9. The number of piperidine rings is 1. The molecule has 5 heteroatoms. The molecule has 1 heterocycles. The van der Waals surface area contributed by atoms with Crippen molar-refractivity contribution in [1.29, 1.82) is 5.41 Å². The van der Waals surface area contributed by atoms with Crippen LogP contribution in [0, 0.1) is 5.41 Å². The number of rotatable bonds is 6. The van der Waals surface area contributed by atoms with Crippen LogP contribution in [0.15, 0.2) is 63.6 Å². The van der Waals surface area contributed by atoms with Gasteiger partial charge in [-0.1, -0.05) is 29.8 Å². The van der Waals surface area contributed by atoms with Gasteiger partial charge in [0.1, 0.15) is 5.76 Å². The van der Waals surface area contributed by atoms with Gasteiger partial charge in [-0.3, -0.25) is 5.41 Å². The summed E-state index contributed by atoms with van der Waals surface area (Å²) in [5.41, 5.74) is 3.70. The minimum Gasteiger partial charge on any atom is -0.492 e. The van der Waals surface area contributed by atoms with Crippen LogP contribution in [0.2, 0.25) is 0 Å². The third-order valence-electron chi connectivity index (χ3n) is 4.21. The fourth-order valence-corrected chi connectivity index (χ4v) is 3.32. The topological polar surface area (TPSA) is 48.7 Å². The zero-order valence-corrected chi connectivity index (χ0v) is 16.7. The van der Waals surface area contributed by atoms with Gasteiger partial charge >= 0.3 is 0 Å². The number of nitrogens with zero attached hydrogens (tertiary/aromatic N) is 2. The first-order valence-electron chi connectivity index (χ1n) is 9.14. The molecule has 26 heavy (non-hydrogen) atoms. The SMILES string of the molecule is C=C(C)/C=C(Cl)\C(=C/C)N=C1C=C(OCC)C(=N)C=C1N1CCCCC1. The molecule has 0 spiro atoms. The minimum atomic E-state index is 0.386. The molecule has 0 bridgehead atoms. The van der Waals surface area contributed by atoms with Crippen molar-refractivity contribution >= 4 is 23.0 Å². The number of hydrogen-bond donors (Lipinski definition) is 1. The van der Waals surface area contributed by atoms with E-state index in [2.05, 4.69) is 11.5 Å². The third-order valence-corrected chi connectivity index (χ3v) is 4.51. The number of hydrogen-bond acceptors (Lipinski definition) is 4. The summed E-state index contributed by atoms with van der Waals surface area (Å²) in [7, 11) is 0. The summed E-state index contributed by atoms with van der Waals surface area (Å²) in [5.74, 6) is 0.544. The molecular weight excluding hydrogens is 346 g/mol. The summed E-state index contributed by atoms with van der Waals surface area (Å²) in [6.07, 6.45) is 11.0. The van der Waals surface area contributed by atoms with Gasteiger partial charge in [-0.05, 0) is 52.2 Å². The van der Waals surface area contributed by atoms with Crippen molar-refractivity contribution in [1.82, 2.24) is 4.90 Å². The van der Waals surface area contributed by atoms with Crippen molar-refractivity contribution in [2.24, 2.45) is 4.99 Å². The van der Waals surface area contributed by atoms with Gasteiger partial charge in [-0.2, -0.15) is 0 Å². The van der Waals surface area contributed by atoms with E-state index in [1.807, 2.05) is 45.1 Å². The average Bonchev–Trinajstić information content (AvgIpc) is 2.62. The van der Waals surface area contributed by atoms with E-state index in [0.717, 1.165) is 42.9 Å². The summed E-state index contributed by atoms with van der Waals surface area (Å²) < 4.78 is 5.61. The molecule has 0 radical (unpaired) electrons. The van der Waals surface area contributed by atoms with E-state index in [1.54, 1.807) is 0 Å². The zero-order chi connectivity index (χ0) is 19.1. The van der Waals surface area contributed by atoms with Gasteiger partial charge in [-0.25, -0.2) is 4.99 Å². The third kappa shape index (κ3) is 5.21. The molecule has 2 aliphatic rings. The normalized spacial score (nSPS) is 20.8. The van der Waals surface area contributed by atoms with Gasteiger partial charge in [0.05, 0.1) is 34.5 Å². The predicted molar refractivity (Wildman–Crippen MR) is 111 cm³/mol. The second-order valence-corrected chi connectivity index (χ2v) is 6.85. The molecule has 0 unspecified atom stereocenters. The van der Waals surface area contributed by atoms with Crippen LogP contribution in [-0.2, 0) is 4.74 Å². The van der Waals surface area contributed by atoms with Gasteiger partial charge in [0, 0.05) is 19.2 Å². The molecule has 2 rings (SSSR count). The first kappa shape index (κ1) is 20.2. The Morgan fingerprint density at radius 2 is 2.04 bits per heavy atom. The predicted octanol–water partition coefficient (Wildman–Crippen LogP) is 5.35. The molecule has 0 amide bonds. The Kier molecular flexibility index (Phi) is 7.46. The fourth-order valence-electron chi connectivity index (χ4n) is 2.99. The van der Waals surface area contributed by atoms with Crippen LogP contribution in [0.3, 0.4) is 0 Å². The number of likely N-dealkylation sites (tertiary alicyclic amines) is 1. The highest BCUT2D eigenvalue weighted by molar-refractivity contribution is 6.32. The van der Waals surface area contributed by atoms with Crippen molar-refractivity contribution in [3.05, 3.63) is 58.6 Å².